The Bertz CT molecular complexity index is 1460. The number of anilines is 2. The van der Waals surface area contributed by atoms with Crippen LogP contribution in [-0.2, 0) is 0 Å². The van der Waals surface area contributed by atoms with Gasteiger partial charge in [-0.3, -0.25) is 4.98 Å². The van der Waals surface area contributed by atoms with Gasteiger partial charge in [0, 0.05) is 24.3 Å². The van der Waals surface area contributed by atoms with Gasteiger partial charge in [-0.1, -0.05) is 0 Å². The van der Waals surface area contributed by atoms with Gasteiger partial charge in [0.1, 0.15) is 11.4 Å². The number of hydrogen-bond donors (Lipinski definition) is 2. The van der Waals surface area contributed by atoms with Crippen LogP contribution in [0, 0.1) is 25.2 Å². The minimum atomic E-state index is 0.397. The largest absolute Gasteiger partial charge is 0.438 e. The second kappa shape index (κ2) is 8.44. The van der Waals surface area contributed by atoms with Gasteiger partial charge in [-0.2, -0.15) is 15.2 Å². The molecule has 2 N–H and O–H groups in total. The second-order valence-electron chi connectivity index (χ2n) is 7.68. The number of rotatable bonds is 5. The maximum Gasteiger partial charge on any atom is 0.233 e. The summed E-state index contributed by atoms with van der Waals surface area (Å²) in [6, 6.07) is 19.3. The average Bonchev–Trinajstić information content (AvgIpc) is 3.31. The molecular formula is C26H20N6O. The van der Waals surface area contributed by atoms with Crippen molar-refractivity contribution in [1.82, 2.24) is 19.9 Å². The van der Waals surface area contributed by atoms with E-state index in [0.717, 1.165) is 39.1 Å². The van der Waals surface area contributed by atoms with Gasteiger partial charge in [0.25, 0.3) is 0 Å². The molecular weight excluding hydrogens is 412 g/mol. The number of benzene rings is 2. The monoisotopic (exact) mass is 432 g/mol. The van der Waals surface area contributed by atoms with Gasteiger partial charge < -0.3 is 15.0 Å². The summed E-state index contributed by atoms with van der Waals surface area (Å²) in [5, 5.41) is 13.0. The number of aryl methyl sites for hydroxylation is 2. The third-order valence-electron chi connectivity index (χ3n) is 5.32. The Labute approximate surface area is 190 Å². The molecule has 5 aromatic rings. The summed E-state index contributed by atoms with van der Waals surface area (Å²) in [7, 11) is 0. The summed E-state index contributed by atoms with van der Waals surface area (Å²) in [5.74, 6) is 1.62. The number of nitriles is 1. The van der Waals surface area contributed by atoms with E-state index >= 15 is 0 Å². The lowest BCUT2D eigenvalue weighted by Gasteiger charge is -2.15. The van der Waals surface area contributed by atoms with E-state index in [2.05, 4.69) is 43.5 Å². The van der Waals surface area contributed by atoms with Crippen LogP contribution in [0.1, 0.15) is 16.7 Å². The number of fused-ring (bicyclic) bond motifs is 1. The normalized spacial score (nSPS) is 10.7. The minimum Gasteiger partial charge on any atom is -0.438 e. The maximum absolute atomic E-state index is 9.00. The SMILES string of the molecule is Cc1cc(-c2ccncc2)cc(C)c1Oc1nc(Nc2ccc(C#N)cc2)nc2[nH]ccc12. The van der Waals surface area contributed by atoms with Crippen LogP contribution < -0.4 is 10.1 Å². The Kier molecular flexibility index (Phi) is 5.17. The zero-order chi connectivity index (χ0) is 22.8. The summed E-state index contributed by atoms with van der Waals surface area (Å²) < 4.78 is 6.35. The Hall–Kier alpha value is -4.70. The standard InChI is InChI=1S/C26H20N6O/c1-16-13-20(19-7-10-28-11-8-19)14-17(2)23(16)33-25-22-9-12-29-24(22)31-26(32-25)30-21-5-3-18(15-27)4-6-21/h3-14H,1-2H3,(H2,29,30,31,32). The van der Waals surface area contributed by atoms with E-state index in [-0.39, 0.29) is 0 Å². The second-order valence-corrected chi connectivity index (χ2v) is 7.68. The number of ether oxygens (including phenoxy) is 1. The fraction of sp³-hybridized carbons (Fsp3) is 0.0769. The van der Waals surface area contributed by atoms with E-state index in [1.807, 2.05) is 50.4 Å². The highest BCUT2D eigenvalue weighted by atomic mass is 16.5. The number of pyridine rings is 1. The molecule has 0 aliphatic heterocycles. The minimum absolute atomic E-state index is 0.397. The first-order chi connectivity index (χ1) is 16.1. The van der Waals surface area contributed by atoms with Gasteiger partial charge >= 0.3 is 0 Å². The number of nitrogens with zero attached hydrogens (tertiary/aromatic N) is 4. The molecule has 0 unspecified atom stereocenters. The fourth-order valence-corrected chi connectivity index (χ4v) is 3.72. The van der Waals surface area contributed by atoms with E-state index in [0.29, 0.717) is 23.0 Å². The Morgan fingerprint density at radius 2 is 1.64 bits per heavy atom. The summed E-state index contributed by atoms with van der Waals surface area (Å²) in [6.07, 6.45) is 5.39. The van der Waals surface area contributed by atoms with E-state index in [1.165, 1.54) is 0 Å². The van der Waals surface area contributed by atoms with Gasteiger partial charge in [-0.25, -0.2) is 0 Å². The van der Waals surface area contributed by atoms with Crippen molar-refractivity contribution in [3.05, 3.63) is 89.9 Å². The first-order valence-electron chi connectivity index (χ1n) is 10.4. The smallest absolute Gasteiger partial charge is 0.233 e. The molecule has 0 bridgehead atoms. The molecule has 3 aromatic heterocycles. The Morgan fingerprint density at radius 3 is 2.33 bits per heavy atom. The molecule has 0 radical (unpaired) electrons. The molecule has 7 heteroatoms. The van der Waals surface area contributed by atoms with E-state index < -0.39 is 0 Å². The first kappa shape index (κ1) is 20.2. The number of aromatic nitrogens is 4. The van der Waals surface area contributed by atoms with Crippen LogP contribution in [-0.4, -0.2) is 19.9 Å². The molecule has 0 aliphatic carbocycles. The third kappa shape index (κ3) is 4.10. The third-order valence-corrected chi connectivity index (χ3v) is 5.32. The number of hydrogen-bond acceptors (Lipinski definition) is 6. The highest BCUT2D eigenvalue weighted by molar-refractivity contribution is 5.83. The Balaban J connectivity index is 1.50. The van der Waals surface area contributed by atoms with E-state index in [9.17, 15) is 0 Å². The predicted molar refractivity (Wildman–Crippen MR) is 128 cm³/mol. The van der Waals surface area contributed by atoms with Crippen molar-refractivity contribution in [2.75, 3.05) is 5.32 Å². The fourth-order valence-electron chi connectivity index (χ4n) is 3.72. The van der Waals surface area contributed by atoms with Crippen molar-refractivity contribution in [1.29, 1.82) is 5.26 Å². The zero-order valence-electron chi connectivity index (χ0n) is 18.1. The van der Waals surface area contributed by atoms with Crippen LogP contribution in [0.15, 0.2) is 73.2 Å². The van der Waals surface area contributed by atoms with Crippen LogP contribution in [0.4, 0.5) is 11.6 Å². The van der Waals surface area contributed by atoms with Gasteiger partial charge in [0.05, 0.1) is 17.0 Å². The summed E-state index contributed by atoms with van der Waals surface area (Å²) in [4.78, 5) is 16.4. The van der Waals surface area contributed by atoms with Crippen molar-refractivity contribution in [2.45, 2.75) is 13.8 Å². The lowest BCUT2D eigenvalue weighted by atomic mass is 10.0. The highest BCUT2D eigenvalue weighted by Gasteiger charge is 2.15. The van der Waals surface area contributed by atoms with Crippen molar-refractivity contribution in [3.8, 4) is 28.8 Å². The number of H-pyrrole nitrogens is 1. The molecule has 0 amide bonds. The van der Waals surface area contributed by atoms with Gasteiger partial charge in [-0.15, -0.1) is 0 Å². The van der Waals surface area contributed by atoms with Gasteiger partial charge in [0.15, 0.2) is 0 Å². The summed E-state index contributed by atoms with van der Waals surface area (Å²) in [6.45, 7) is 4.05. The molecule has 160 valence electrons. The molecule has 0 aliphatic rings. The van der Waals surface area contributed by atoms with Gasteiger partial charge in [0.2, 0.25) is 11.8 Å². The maximum atomic E-state index is 9.00. The quantitative estimate of drug-likeness (QED) is 0.351. The van der Waals surface area contributed by atoms with Crippen molar-refractivity contribution < 1.29 is 4.74 Å². The van der Waals surface area contributed by atoms with Crippen LogP contribution in [0.5, 0.6) is 11.6 Å². The van der Waals surface area contributed by atoms with Crippen LogP contribution >= 0.6 is 0 Å². The van der Waals surface area contributed by atoms with Crippen LogP contribution in [0.3, 0.4) is 0 Å². The molecule has 0 atom stereocenters. The van der Waals surface area contributed by atoms with E-state index in [4.69, 9.17) is 10.00 Å². The number of aromatic amines is 1. The summed E-state index contributed by atoms with van der Waals surface area (Å²) in [5.41, 5.74) is 6.26. The molecule has 7 nitrogen and oxygen atoms in total. The average molecular weight is 432 g/mol. The molecule has 0 saturated heterocycles. The highest BCUT2D eigenvalue weighted by Crippen LogP contribution is 2.35. The molecule has 5 rings (SSSR count). The Morgan fingerprint density at radius 1 is 0.909 bits per heavy atom. The topological polar surface area (TPSA) is 99.5 Å². The van der Waals surface area contributed by atoms with Crippen molar-refractivity contribution in [2.24, 2.45) is 0 Å². The molecule has 0 saturated carbocycles. The lowest BCUT2D eigenvalue weighted by molar-refractivity contribution is 0.462. The zero-order valence-corrected chi connectivity index (χ0v) is 18.1. The van der Waals surface area contributed by atoms with Crippen molar-refractivity contribution in [3.63, 3.8) is 0 Å². The summed E-state index contributed by atoms with van der Waals surface area (Å²) >= 11 is 0. The predicted octanol–water partition coefficient (Wildman–Crippen LogP) is 6.04. The molecule has 0 fully saturated rings. The molecule has 3 heterocycles. The molecule has 0 spiro atoms. The van der Waals surface area contributed by atoms with E-state index in [1.54, 1.807) is 24.5 Å². The molecule has 33 heavy (non-hydrogen) atoms. The lowest BCUT2D eigenvalue weighted by Crippen LogP contribution is -2.01. The van der Waals surface area contributed by atoms with Crippen LogP contribution in [0.2, 0.25) is 0 Å². The van der Waals surface area contributed by atoms with Crippen molar-refractivity contribution >= 4 is 22.7 Å². The first-order valence-corrected chi connectivity index (χ1v) is 10.4. The molecule has 2 aromatic carbocycles. The van der Waals surface area contributed by atoms with Gasteiger partial charge in [-0.05, 0) is 90.7 Å². The van der Waals surface area contributed by atoms with Crippen LogP contribution in [0.25, 0.3) is 22.2 Å². The number of nitrogens with one attached hydrogen (secondary N) is 2.